The molecule has 1 aliphatic carbocycles. The van der Waals surface area contributed by atoms with Crippen LogP contribution in [0.25, 0.3) is 10.8 Å². The van der Waals surface area contributed by atoms with Crippen LogP contribution in [0.2, 0.25) is 0 Å². The van der Waals surface area contributed by atoms with Crippen molar-refractivity contribution < 1.29 is 37.1 Å². The predicted molar refractivity (Wildman–Crippen MR) is 140 cm³/mol. The molecule has 0 bridgehead atoms. The first kappa shape index (κ1) is 30.2. The fourth-order valence-electron chi connectivity index (χ4n) is 6.00. The third kappa shape index (κ3) is 5.56. The number of hydrogen-bond donors (Lipinski definition) is 3. The van der Waals surface area contributed by atoms with Crippen molar-refractivity contribution in [3.63, 3.8) is 0 Å². The molecule has 2 heterocycles. The highest BCUT2D eigenvalue weighted by atomic mass is 19.4. The lowest BCUT2D eigenvalue weighted by atomic mass is 9.83. The number of benzene rings is 1. The molecule has 2 fully saturated rings. The highest BCUT2D eigenvalue weighted by Gasteiger charge is 2.70. The van der Waals surface area contributed by atoms with E-state index in [1.165, 1.54) is 32.1 Å². The number of methoxy groups -OCH3 is 1. The van der Waals surface area contributed by atoms with Crippen molar-refractivity contribution in [3.05, 3.63) is 36.2 Å². The Labute approximate surface area is 234 Å². The molecule has 1 aromatic heterocycles. The molecule has 1 aromatic carbocycles. The standard InChI is InChI=1S/C27H33F3N6O5/c1-25(2,12-41-5)20(34-24(40)27(28,29)30)23(39)36-11-15-16(26(15,3)4)19(36)22(38)33-18(21(31)37)17-14-9-7-6-8-13(14)10-32-35-17/h6-10,15-16,18-20H,11-12H2,1-5H3,(H2,31,37)(H,33,38)(H,34,40)/t15-,16-,18?,19-,20+/m0/s1. The molecule has 4 rings (SSSR count). The number of nitrogens with two attached hydrogens (primary N) is 1. The van der Waals surface area contributed by atoms with E-state index < -0.39 is 53.3 Å². The fourth-order valence-corrected chi connectivity index (χ4v) is 6.00. The summed E-state index contributed by atoms with van der Waals surface area (Å²) in [6, 6.07) is 2.73. The molecule has 2 aromatic rings. The summed E-state index contributed by atoms with van der Waals surface area (Å²) in [5.74, 6) is -5.26. The highest BCUT2D eigenvalue weighted by molar-refractivity contribution is 5.97. The van der Waals surface area contributed by atoms with Gasteiger partial charge in [0, 0.05) is 29.8 Å². The normalized spacial score (nSPS) is 22.9. The third-order valence-electron chi connectivity index (χ3n) is 8.28. The number of primary amides is 1. The molecule has 2 aliphatic rings. The molecule has 1 unspecified atom stereocenters. The number of nitrogens with one attached hydrogen (secondary N) is 2. The van der Waals surface area contributed by atoms with Gasteiger partial charge < -0.3 is 26.0 Å². The number of halogens is 3. The first-order chi connectivity index (χ1) is 19.0. The minimum Gasteiger partial charge on any atom is -0.384 e. The van der Waals surface area contributed by atoms with Crippen LogP contribution in [0.4, 0.5) is 13.2 Å². The number of likely N-dealkylation sites (tertiary alicyclic amines) is 1. The zero-order chi connectivity index (χ0) is 30.5. The molecule has 1 aliphatic heterocycles. The summed E-state index contributed by atoms with van der Waals surface area (Å²) in [6.07, 6.45) is -3.74. The molecule has 1 saturated heterocycles. The minimum absolute atomic E-state index is 0.0748. The summed E-state index contributed by atoms with van der Waals surface area (Å²) >= 11 is 0. The lowest BCUT2D eigenvalue weighted by Gasteiger charge is -2.39. The quantitative estimate of drug-likeness (QED) is 0.407. The zero-order valence-electron chi connectivity index (χ0n) is 23.3. The Kier molecular flexibility index (Phi) is 7.76. The second-order valence-electron chi connectivity index (χ2n) is 11.9. The van der Waals surface area contributed by atoms with Crippen LogP contribution in [0, 0.1) is 22.7 Å². The van der Waals surface area contributed by atoms with Gasteiger partial charge in [-0.1, -0.05) is 52.0 Å². The first-order valence-corrected chi connectivity index (χ1v) is 13.0. The Balaban J connectivity index is 1.68. The van der Waals surface area contributed by atoms with Crippen molar-refractivity contribution in [3.8, 4) is 0 Å². The number of aromatic nitrogens is 2. The number of fused-ring (bicyclic) bond motifs is 2. The molecule has 0 radical (unpaired) electrons. The van der Waals surface area contributed by atoms with Crippen LogP contribution in [-0.2, 0) is 23.9 Å². The van der Waals surface area contributed by atoms with Crippen LogP contribution in [0.3, 0.4) is 0 Å². The summed E-state index contributed by atoms with van der Waals surface area (Å²) in [4.78, 5) is 53.4. The maximum Gasteiger partial charge on any atom is 0.471 e. The maximum absolute atomic E-state index is 13.9. The predicted octanol–water partition coefficient (Wildman–Crippen LogP) is 1.48. The SMILES string of the molecule is COCC(C)(C)[C@H](NC(=O)C(F)(F)F)C(=O)N1C[C@H]2[C@@H]([C@H]1C(=O)NC(C(N)=O)c1nncc3ccccc13)C2(C)C. The maximum atomic E-state index is 13.9. The molecule has 5 atom stereocenters. The molecule has 222 valence electrons. The Morgan fingerprint density at radius 2 is 1.83 bits per heavy atom. The van der Waals surface area contributed by atoms with E-state index >= 15 is 0 Å². The van der Waals surface area contributed by atoms with E-state index in [2.05, 4.69) is 15.5 Å². The Hall–Kier alpha value is -3.81. The second kappa shape index (κ2) is 10.5. The molecule has 41 heavy (non-hydrogen) atoms. The third-order valence-corrected chi connectivity index (χ3v) is 8.28. The molecular weight excluding hydrogens is 545 g/mol. The van der Waals surface area contributed by atoms with Crippen molar-refractivity contribution in [1.29, 1.82) is 0 Å². The van der Waals surface area contributed by atoms with Crippen molar-refractivity contribution >= 4 is 34.4 Å². The summed E-state index contributed by atoms with van der Waals surface area (Å²) in [6.45, 7) is 6.72. The zero-order valence-corrected chi connectivity index (χ0v) is 23.3. The Morgan fingerprint density at radius 1 is 1.17 bits per heavy atom. The topological polar surface area (TPSA) is 157 Å². The first-order valence-electron chi connectivity index (χ1n) is 13.0. The van der Waals surface area contributed by atoms with Gasteiger partial charge in [-0.3, -0.25) is 19.2 Å². The average Bonchev–Trinajstić information content (AvgIpc) is 3.21. The number of carbonyl (C=O) groups is 4. The Bertz CT molecular complexity index is 1380. The van der Waals surface area contributed by atoms with Crippen LogP contribution in [-0.4, -0.2) is 77.2 Å². The molecule has 4 N–H and O–H groups in total. The largest absolute Gasteiger partial charge is 0.471 e. The van der Waals surface area contributed by atoms with Gasteiger partial charge in [0.1, 0.15) is 17.8 Å². The van der Waals surface area contributed by atoms with Gasteiger partial charge in [-0.2, -0.15) is 23.4 Å². The van der Waals surface area contributed by atoms with Crippen molar-refractivity contribution in [2.45, 2.75) is 52.0 Å². The molecule has 1 saturated carbocycles. The second-order valence-corrected chi connectivity index (χ2v) is 11.9. The van der Waals surface area contributed by atoms with E-state index in [1.807, 2.05) is 19.2 Å². The van der Waals surface area contributed by atoms with E-state index in [1.54, 1.807) is 24.3 Å². The van der Waals surface area contributed by atoms with Crippen molar-refractivity contribution in [1.82, 2.24) is 25.7 Å². The summed E-state index contributed by atoms with van der Waals surface area (Å²) in [7, 11) is 1.32. The molecule has 11 nitrogen and oxygen atoms in total. The fraction of sp³-hybridized carbons (Fsp3) is 0.556. The van der Waals surface area contributed by atoms with Gasteiger partial charge in [0.2, 0.25) is 17.7 Å². The molecule has 14 heteroatoms. The summed E-state index contributed by atoms with van der Waals surface area (Å²) < 4.78 is 44.7. The number of rotatable bonds is 9. The number of alkyl halides is 3. The Morgan fingerprint density at radius 3 is 2.44 bits per heavy atom. The van der Waals surface area contributed by atoms with Gasteiger partial charge in [-0.15, -0.1) is 0 Å². The lowest BCUT2D eigenvalue weighted by molar-refractivity contribution is -0.176. The van der Waals surface area contributed by atoms with Gasteiger partial charge in [0.25, 0.3) is 0 Å². The lowest BCUT2D eigenvalue weighted by Crippen LogP contribution is -2.62. The molecular formula is C27H33F3N6O5. The van der Waals surface area contributed by atoms with Crippen molar-refractivity contribution in [2.24, 2.45) is 28.4 Å². The number of ether oxygens (including phenoxy) is 1. The van der Waals surface area contributed by atoms with Crippen LogP contribution >= 0.6 is 0 Å². The van der Waals surface area contributed by atoms with Crippen LogP contribution in [0.5, 0.6) is 0 Å². The van der Waals surface area contributed by atoms with Gasteiger partial charge >= 0.3 is 12.1 Å². The highest BCUT2D eigenvalue weighted by Crippen LogP contribution is 2.65. The summed E-state index contributed by atoms with van der Waals surface area (Å²) in [5.41, 5.74) is 4.15. The van der Waals surface area contributed by atoms with Crippen molar-refractivity contribution in [2.75, 3.05) is 20.3 Å². The monoisotopic (exact) mass is 578 g/mol. The van der Waals surface area contributed by atoms with Crippen LogP contribution in [0.1, 0.15) is 39.4 Å². The van der Waals surface area contributed by atoms with E-state index in [0.29, 0.717) is 10.8 Å². The van der Waals surface area contributed by atoms with Crippen LogP contribution < -0.4 is 16.4 Å². The van der Waals surface area contributed by atoms with Gasteiger partial charge in [-0.05, 0) is 17.3 Å². The summed E-state index contributed by atoms with van der Waals surface area (Å²) in [5, 5.41) is 13.6. The van der Waals surface area contributed by atoms with Gasteiger partial charge in [-0.25, -0.2) is 0 Å². The van der Waals surface area contributed by atoms with E-state index in [4.69, 9.17) is 10.5 Å². The number of amides is 4. The molecule has 0 spiro atoms. The van der Waals surface area contributed by atoms with Crippen LogP contribution in [0.15, 0.2) is 30.5 Å². The van der Waals surface area contributed by atoms with E-state index in [0.717, 1.165) is 0 Å². The van der Waals surface area contributed by atoms with Gasteiger partial charge in [0.15, 0.2) is 6.04 Å². The minimum atomic E-state index is -5.23. The van der Waals surface area contributed by atoms with E-state index in [-0.39, 0.29) is 36.1 Å². The number of piperidine rings is 1. The average molecular weight is 579 g/mol. The van der Waals surface area contributed by atoms with Gasteiger partial charge in [0.05, 0.1) is 12.8 Å². The number of carbonyl (C=O) groups excluding carboxylic acids is 4. The van der Waals surface area contributed by atoms with E-state index in [9.17, 15) is 32.3 Å². The number of nitrogens with zero attached hydrogens (tertiary/aromatic N) is 3. The number of hydrogen-bond acceptors (Lipinski definition) is 7. The smallest absolute Gasteiger partial charge is 0.384 e. The molecule has 4 amide bonds.